The second kappa shape index (κ2) is 5.17. The lowest BCUT2D eigenvalue weighted by Crippen LogP contribution is -2.05. The molecule has 0 aliphatic heterocycles. The maximum Gasteiger partial charge on any atom is 0.146 e. The Morgan fingerprint density at radius 1 is 1.47 bits per heavy atom. The van der Waals surface area contributed by atoms with Gasteiger partial charge in [-0.2, -0.15) is 5.26 Å². The number of aryl methyl sites for hydroxylation is 1. The quantitative estimate of drug-likeness (QED) is 0.805. The van der Waals surface area contributed by atoms with Crippen LogP contribution in [0.2, 0.25) is 0 Å². The van der Waals surface area contributed by atoms with Crippen molar-refractivity contribution in [2.45, 2.75) is 20.1 Å². The molecule has 0 atom stereocenters. The third-order valence-corrected chi connectivity index (χ3v) is 2.47. The molecule has 0 unspecified atom stereocenters. The molecule has 0 spiro atoms. The molecule has 2 rings (SSSR count). The first-order valence-electron chi connectivity index (χ1n) is 5.46. The van der Waals surface area contributed by atoms with E-state index in [-0.39, 0.29) is 0 Å². The smallest absolute Gasteiger partial charge is 0.146 e. The van der Waals surface area contributed by atoms with Crippen LogP contribution in [0.25, 0.3) is 0 Å². The van der Waals surface area contributed by atoms with Gasteiger partial charge in [0.25, 0.3) is 0 Å². The summed E-state index contributed by atoms with van der Waals surface area (Å²) in [5.74, 6) is 1.57. The average molecular weight is 227 g/mol. The van der Waals surface area contributed by atoms with Gasteiger partial charge in [0.15, 0.2) is 0 Å². The van der Waals surface area contributed by atoms with Gasteiger partial charge in [-0.15, -0.1) is 0 Å². The zero-order chi connectivity index (χ0) is 12.1. The fourth-order valence-electron chi connectivity index (χ4n) is 1.57. The molecular formula is C13H13N3O. The molecule has 0 saturated carbocycles. The van der Waals surface area contributed by atoms with Crippen molar-refractivity contribution < 1.29 is 4.74 Å². The highest BCUT2D eigenvalue weighted by molar-refractivity contribution is 5.36. The van der Waals surface area contributed by atoms with Crippen molar-refractivity contribution in [3.8, 4) is 11.8 Å². The first-order chi connectivity index (χ1) is 8.33. The maximum absolute atomic E-state index is 8.77. The maximum atomic E-state index is 8.77. The molecule has 1 aromatic heterocycles. The molecule has 4 nitrogen and oxygen atoms in total. The average Bonchev–Trinajstić information content (AvgIpc) is 2.84. The highest BCUT2D eigenvalue weighted by Gasteiger charge is 2.02. The molecule has 2 aromatic rings. The van der Waals surface area contributed by atoms with Crippen LogP contribution in [0.1, 0.15) is 18.3 Å². The summed E-state index contributed by atoms with van der Waals surface area (Å²) in [4.78, 5) is 4.22. The Morgan fingerprint density at radius 3 is 3.12 bits per heavy atom. The standard InChI is InChI=1S/C13H13N3O/c1-2-16-7-6-15-13(16)10-17-12-5-3-4-11(8-12)9-14/h3-8H,2,10H2,1H3. The Hall–Kier alpha value is -2.28. The first kappa shape index (κ1) is 11.2. The SMILES string of the molecule is CCn1ccnc1COc1cccc(C#N)c1. The number of nitrogens with zero attached hydrogens (tertiary/aromatic N) is 3. The molecule has 1 heterocycles. The highest BCUT2D eigenvalue weighted by atomic mass is 16.5. The van der Waals surface area contributed by atoms with Gasteiger partial charge >= 0.3 is 0 Å². The van der Waals surface area contributed by atoms with E-state index >= 15 is 0 Å². The van der Waals surface area contributed by atoms with Crippen molar-refractivity contribution in [2.75, 3.05) is 0 Å². The lowest BCUT2D eigenvalue weighted by atomic mass is 10.2. The van der Waals surface area contributed by atoms with Crippen molar-refractivity contribution in [1.29, 1.82) is 5.26 Å². The molecule has 0 radical (unpaired) electrons. The second-order valence-electron chi connectivity index (χ2n) is 3.56. The van der Waals surface area contributed by atoms with Gasteiger partial charge in [-0.1, -0.05) is 6.07 Å². The van der Waals surface area contributed by atoms with Crippen LogP contribution >= 0.6 is 0 Å². The molecule has 0 bridgehead atoms. The third-order valence-electron chi connectivity index (χ3n) is 2.47. The van der Waals surface area contributed by atoms with E-state index in [9.17, 15) is 0 Å². The van der Waals surface area contributed by atoms with Gasteiger partial charge in [0.2, 0.25) is 0 Å². The molecule has 0 N–H and O–H groups in total. The minimum Gasteiger partial charge on any atom is -0.486 e. The fourth-order valence-corrected chi connectivity index (χ4v) is 1.57. The lowest BCUT2D eigenvalue weighted by molar-refractivity contribution is 0.290. The van der Waals surface area contributed by atoms with E-state index < -0.39 is 0 Å². The van der Waals surface area contributed by atoms with E-state index in [1.54, 1.807) is 24.4 Å². The summed E-state index contributed by atoms with van der Waals surface area (Å²) in [6.45, 7) is 3.34. The van der Waals surface area contributed by atoms with Gasteiger partial charge < -0.3 is 9.30 Å². The van der Waals surface area contributed by atoms with E-state index in [0.717, 1.165) is 12.4 Å². The van der Waals surface area contributed by atoms with Crippen molar-refractivity contribution in [1.82, 2.24) is 9.55 Å². The molecule has 4 heteroatoms. The topological polar surface area (TPSA) is 50.8 Å². The second-order valence-corrected chi connectivity index (χ2v) is 3.56. The summed E-state index contributed by atoms with van der Waals surface area (Å²) in [6.07, 6.45) is 3.68. The van der Waals surface area contributed by atoms with Gasteiger partial charge in [-0.05, 0) is 25.1 Å². The lowest BCUT2D eigenvalue weighted by Gasteiger charge is -2.07. The molecule has 1 aromatic carbocycles. The van der Waals surface area contributed by atoms with Crippen LogP contribution in [-0.2, 0) is 13.2 Å². The van der Waals surface area contributed by atoms with E-state index in [4.69, 9.17) is 10.00 Å². The van der Waals surface area contributed by atoms with Crippen molar-refractivity contribution in [2.24, 2.45) is 0 Å². The van der Waals surface area contributed by atoms with Crippen LogP contribution in [0.5, 0.6) is 5.75 Å². The number of rotatable bonds is 4. The van der Waals surface area contributed by atoms with Crippen LogP contribution in [0.15, 0.2) is 36.7 Å². The number of aromatic nitrogens is 2. The third kappa shape index (κ3) is 2.64. The van der Waals surface area contributed by atoms with Gasteiger partial charge in [-0.3, -0.25) is 0 Å². The molecule has 86 valence electrons. The van der Waals surface area contributed by atoms with E-state index in [0.29, 0.717) is 17.9 Å². The highest BCUT2D eigenvalue weighted by Crippen LogP contribution is 2.14. The summed E-state index contributed by atoms with van der Waals surface area (Å²) >= 11 is 0. The minimum absolute atomic E-state index is 0.412. The van der Waals surface area contributed by atoms with Crippen LogP contribution in [0.3, 0.4) is 0 Å². The van der Waals surface area contributed by atoms with Crippen LogP contribution in [-0.4, -0.2) is 9.55 Å². The predicted molar refractivity (Wildman–Crippen MR) is 63.4 cm³/mol. The van der Waals surface area contributed by atoms with Crippen molar-refractivity contribution in [3.05, 3.63) is 48.0 Å². The summed E-state index contributed by atoms with van der Waals surface area (Å²) in [7, 11) is 0. The van der Waals surface area contributed by atoms with Crippen LogP contribution in [0.4, 0.5) is 0 Å². The minimum atomic E-state index is 0.412. The Morgan fingerprint density at radius 2 is 2.35 bits per heavy atom. The van der Waals surface area contributed by atoms with Crippen LogP contribution in [0, 0.1) is 11.3 Å². The fraction of sp³-hybridized carbons (Fsp3) is 0.231. The summed E-state index contributed by atoms with van der Waals surface area (Å²) in [5, 5.41) is 8.77. The van der Waals surface area contributed by atoms with Crippen molar-refractivity contribution in [3.63, 3.8) is 0 Å². The Kier molecular flexibility index (Phi) is 3.41. The molecular weight excluding hydrogens is 214 g/mol. The number of imidazole rings is 1. The zero-order valence-corrected chi connectivity index (χ0v) is 9.63. The number of ether oxygens (including phenoxy) is 1. The Bertz CT molecular complexity index is 540. The number of nitriles is 1. The van der Waals surface area contributed by atoms with E-state index in [1.165, 1.54) is 0 Å². The van der Waals surface area contributed by atoms with E-state index in [1.807, 2.05) is 16.8 Å². The van der Waals surface area contributed by atoms with Gasteiger partial charge in [0.1, 0.15) is 18.2 Å². The van der Waals surface area contributed by atoms with Gasteiger partial charge in [0.05, 0.1) is 11.6 Å². The first-order valence-corrected chi connectivity index (χ1v) is 5.46. The number of hydrogen-bond donors (Lipinski definition) is 0. The summed E-state index contributed by atoms with van der Waals surface area (Å²) < 4.78 is 7.62. The Balaban J connectivity index is 2.05. The zero-order valence-electron chi connectivity index (χ0n) is 9.63. The monoisotopic (exact) mass is 227 g/mol. The summed E-state index contributed by atoms with van der Waals surface area (Å²) in [5.41, 5.74) is 0.598. The molecule has 17 heavy (non-hydrogen) atoms. The molecule has 0 fully saturated rings. The molecule has 0 aliphatic carbocycles. The largest absolute Gasteiger partial charge is 0.486 e. The molecule has 0 amide bonds. The normalized spacial score (nSPS) is 9.88. The van der Waals surface area contributed by atoms with Gasteiger partial charge in [0, 0.05) is 18.9 Å². The number of benzene rings is 1. The van der Waals surface area contributed by atoms with Gasteiger partial charge in [-0.25, -0.2) is 4.98 Å². The van der Waals surface area contributed by atoms with E-state index in [2.05, 4.69) is 18.0 Å². The predicted octanol–water partition coefficient (Wildman–Crippen LogP) is 2.35. The van der Waals surface area contributed by atoms with Crippen molar-refractivity contribution >= 4 is 0 Å². The molecule has 0 saturated heterocycles. The Labute approximate surface area is 100 Å². The molecule has 0 aliphatic rings. The summed E-state index contributed by atoms with van der Waals surface area (Å²) in [6, 6.07) is 9.19. The number of hydrogen-bond acceptors (Lipinski definition) is 3. The van der Waals surface area contributed by atoms with Crippen LogP contribution < -0.4 is 4.74 Å².